The zero-order valence-electron chi connectivity index (χ0n) is 5.70. The summed E-state index contributed by atoms with van der Waals surface area (Å²) in [6.45, 7) is 0. The third kappa shape index (κ3) is 1.73. The minimum absolute atomic E-state index is 0.160. The number of halogens is 3. The second-order valence-corrected chi connectivity index (χ2v) is 3.58. The molecule has 0 radical (unpaired) electrons. The Kier molecular flexibility index (Phi) is 2.90. The smallest absolute Gasteiger partial charge is 0.174 e. The lowest BCUT2D eigenvalue weighted by Crippen LogP contribution is -1.87. The van der Waals surface area contributed by atoms with Crippen molar-refractivity contribution >= 4 is 27.7 Å². The molecule has 0 spiro atoms. The maximum Gasteiger partial charge on any atom is 0.174 e. The maximum atomic E-state index is 12.8. The molecule has 0 saturated heterocycles. The van der Waals surface area contributed by atoms with Gasteiger partial charge in [0.1, 0.15) is 0 Å². The minimum Gasteiger partial charge on any atom is -0.202 e. The number of thioether (sulfide) groups is 1. The van der Waals surface area contributed by atoms with Crippen LogP contribution in [0.5, 0.6) is 0 Å². The van der Waals surface area contributed by atoms with E-state index in [-0.39, 0.29) is 4.47 Å². The summed E-state index contributed by atoms with van der Waals surface area (Å²) in [7, 11) is 0. The lowest BCUT2D eigenvalue weighted by Gasteiger charge is -2.00. The highest BCUT2D eigenvalue weighted by atomic mass is 79.9. The molecule has 0 atom stereocenters. The summed E-state index contributed by atoms with van der Waals surface area (Å²) in [6.07, 6.45) is 1.70. The predicted molar refractivity (Wildman–Crippen MR) is 45.8 cm³/mol. The van der Waals surface area contributed by atoms with Crippen LogP contribution < -0.4 is 0 Å². The molecule has 0 aromatic heterocycles. The number of rotatable bonds is 1. The van der Waals surface area contributed by atoms with Gasteiger partial charge in [-0.25, -0.2) is 8.78 Å². The third-order valence-electron chi connectivity index (χ3n) is 1.22. The SMILES string of the molecule is CSc1ccc(Br)c(F)c1F. The Hall–Kier alpha value is -0.0900. The van der Waals surface area contributed by atoms with Crippen LogP contribution >= 0.6 is 27.7 Å². The summed E-state index contributed by atoms with van der Waals surface area (Å²) >= 11 is 4.07. The third-order valence-corrected chi connectivity index (χ3v) is 2.59. The van der Waals surface area contributed by atoms with Crippen molar-refractivity contribution < 1.29 is 8.78 Å². The molecule has 0 aliphatic heterocycles. The Labute approximate surface area is 76.1 Å². The predicted octanol–water partition coefficient (Wildman–Crippen LogP) is 3.45. The topological polar surface area (TPSA) is 0 Å². The van der Waals surface area contributed by atoms with Crippen LogP contribution in [0.1, 0.15) is 0 Å². The summed E-state index contributed by atoms with van der Waals surface area (Å²) in [6, 6.07) is 3.03. The van der Waals surface area contributed by atoms with Gasteiger partial charge in [-0.15, -0.1) is 11.8 Å². The molecule has 0 aliphatic carbocycles. The van der Waals surface area contributed by atoms with Gasteiger partial charge in [-0.1, -0.05) is 0 Å². The van der Waals surface area contributed by atoms with E-state index in [1.807, 2.05) is 0 Å². The first kappa shape index (κ1) is 9.00. The molecule has 0 bridgehead atoms. The van der Waals surface area contributed by atoms with Crippen molar-refractivity contribution in [3.05, 3.63) is 28.2 Å². The maximum absolute atomic E-state index is 12.8. The Bertz CT molecular complexity index is 275. The van der Waals surface area contributed by atoms with E-state index in [9.17, 15) is 8.78 Å². The summed E-state index contributed by atoms with van der Waals surface area (Å²) in [5.74, 6) is -1.61. The van der Waals surface area contributed by atoms with Crippen LogP contribution in [0.25, 0.3) is 0 Å². The second-order valence-electron chi connectivity index (χ2n) is 1.88. The molecule has 0 nitrogen and oxygen atoms in total. The van der Waals surface area contributed by atoms with E-state index in [0.717, 1.165) is 0 Å². The zero-order valence-corrected chi connectivity index (χ0v) is 8.10. The van der Waals surface area contributed by atoms with Gasteiger partial charge in [0.15, 0.2) is 11.6 Å². The van der Waals surface area contributed by atoms with Crippen LogP contribution in [0.4, 0.5) is 8.78 Å². The Morgan fingerprint density at radius 3 is 2.45 bits per heavy atom. The van der Waals surface area contributed by atoms with Crippen molar-refractivity contribution in [2.45, 2.75) is 4.90 Å². The lowest BCUT2D eigenvalue weighted by molar-refractivity contribution is 0.487. The molecule has 1 rings (SSSR count). The van der Waals surface area contributed by atoms with E-state index in [4.69, 9.17) is 0 Å². The van der Waals surface area contributed by atoms with E-state index in [0.29, 0.717) is 4.90 Å². The van der Waals surface area contributed by atoms with Crippen LogP contribution in [0.15, 0.2) is 21.5 Å². The van der Waals surface area contributed by atoms with Gasteiger partial charge in [-0.05, 0) is 34.3 Å². The molecular weight excluding hydrogens is 234 g/mol. The quantitative estimate of drug-likeness (QED) is 0.534. The Morgan fingerprint density at radius 1 is 1.27 bits per heavy atom. The van der Waals surface area contributed by atoms with Crippen LogP contribution in [0.3, 0.4) is 0 Å². The number of benzene rings is 1. The van der Waals surface area contributed by atoms with Crippen LogP contribution in [-0.4, -0.2) is 6.26 Å². The van der Waals surface area contributed by atoms with Gasteiger partial charge in [-0.2, -0.15) is 0 Å². The normalized spacial score (nSPS) is 10.2. The molecular formula is C7H5BrF2S. The van der Waals surface area contributed by atoms with Crippen molar-refractivity contribution in [1.82, 2.24) is 0 Å². The highest BCUT2D eigenvalue weighted by Crippen LogP contribution is 2.26. The molecule has 0 unspecified atom stereocenters. The average molecular weight is 239 g/mol. The van der Waals surface area contributed by atoms with Crippen LogP contribution in [0.2, 0.25) is 0 Å². The van der Waals surface area contributed by atoms with E-state index in [1.54, 1.807) is 6.26 Å². The highest BCUT2D eigenvalue weighted by Gasteiger charge is 2.09. The van der Waals surface area contributed by atoms with Crippen molar-refractivity contribution in [2.24, 2.45) is 0 Å². The molecule has 0 aliphatic rings. The second kappa shape index (κ2) is 3.54. The van der Waals surface area contributed by atoms with Crippen molar-refractivity contribution in [3.63, 3.8) is 0 Å². The molecule has 60 valence electrons. The first-order valence-electron chi connectivity index (χ1n) is 2.84. The summed E-state index contributed by atoms with van der Waals surface area (Å²) < 4.78 is 25.7. The van der Waals surface area contributed by atoms with Gasteiger partial charge in [0.05, 0.1) is 4.47 Å². The van der Waals surface area contributed by atoms with Gasteiger partial charge >= 0.3 is 0 Å². The summed E-state index contributed by atoms with van der Waals surface area (Å²) in [5.41, 5.74) is 0. The fourth-order valence-electron chi connectivity index (χ4n) is 0.666. The fourth-order valence-corrected chi connectivity index (χ4v) is 1.45. The van der Waals surface area contributed by atoms with E-state index < -0.39 is 11.6 Å². The molecule has 1 aromatic rings. The van der Waals surface area contributed by atoms with Gasteiger partial charge in [0.25, 0.3) is 0 Å². The Balaban J connectivity index is 3.25. The minimum atomic E-state index is -0.822. The standard InChI is InChI=1S/C7H5BrF2S/c1-11-5-3-2-4(8)6(9)7(5)10/h2-3H,1H3. The van der Waals surface area contributed by atoms with Gasteiger partial charge in [0, 0.05) is 4.90 Å². The summed E-state index contributed by atoms with van der Waals surface area (Å²) in [5, 5.41) is 0. The lowest BCUT2D eigenvalue weighted by atomic mass is 10.3. The van der Waals surface area contributed by atoms with Gasteiger partial charge in [-0.3, -0.25) is 0 Å². The molecule has 11 heavy (non-hydrogen) atoms. The largest absolute Gasteiger partial charge is 0.202 e. The molecule has 0 saturated carbocycles. The average Bonchev–Trinajstić information content (AvgIpc) is 2.01. The van der Waals surface area contributed by atoms with Gasteiger partial charge < -0.3 is 0 Å². The van der Waals surface area contributed by atoms with Crippen molar-refractivity contribution in [2.75, 3.05) is 6.26 Å². The van der Waals surface area contributed by atoms with E-state index in [2.05, 4.69) is 15.9 Å². The molecule has 0 fully saturated rings. The van der Waals surface area contributed by atoms with E-state index in [1.165, 1.54) is 23.9 Å². The Morgan fingerprint density at radius 2 is 1.91 bits per heavy atom. The van der Waals surface area contributed by atoms with Gasteiger partial charge in [0.2, 0.25) is 0 Å². The number of hydrogen-bond donors (Lipinski definition) is 0. The first-order valence-corrected chi connectivity index (χ1v) is 4.86. The van der Waals surface area contributed by atoms with Crippen LogP contribution in [0, 0.1) is 11.6 Å². The highest BCUT2D eigenvalue weighted by molar-refractivity contribution is 9.10. The fraction of sp³-hybridized carbons (Fsp3) is 0.143. The zero-order chi connectivity index (χ0) is 8.43. The molecule has 0 amide bonds. The molecule has 0 N–H and O–H groups in total. The summed E-state index contributed by atoms with van der Waals surface area (Å²) in [4.78, 5) is 0.325. The molecule has 1 aromatic carbocycles. The van der Waals surface area contributed by atoms with E-state index >= 15 is 0 Å². The molecule has 0 heterocycles. The van der Waals surface area contributed by atoms with Crippen molar-refractivity contribution in [3.8, 4) is 0 Å². The van der Waals surface area contributed by atoms with Crippen LogP contribution in [-0.2, 0) is 0 Å². The monoisotopic (exact) mass is 238 g/mol. The number of hydrogen-bond acceptors (Lipinski definition) is 1. The first-order chi connectivity index (χ1) is 5.16. The van der Waals surface area contributed by atoms with Crippen molar-refractivity contribution in [1.29, 1.82) is 0 Å². The molecule has 4 heteroatoms.